The number of benzene rings is 1. The minimum absolute atomic E-state index is 0.0121. The molecular formula is C15H19NO4. The summed E-state index contributed by atoms with van der Waals surface area (Å²) in [5, 5.41) is 0. The number of amides is 1. The molecule has 2 rings (SSSR count). The molecule has 0 radical (unpaired) electrons. The first-order valence-electron chi connectivity index (χ1n) is 6.74. The summed E-state index contributed by atoms with van der Waals surface area (Å²) in [5.41, 5.74) is 0.892. The van der Waals surface area contributed by atoms with Crippen LogP contribution in [0.2, 0.25) is 0 Å². The lowest BCUT2D eigenvalue weighted by Crippen LogP contribution is -2.40. The third-order valence-electron chi connectivity index (χ3n) is 3.35. The molecule has 20 heavy (non-hydrogen) atoms. The maximum Gasteiger partial charge on any atom is 0.325 e. The van der Waals surface area contributed by atoms with E-state index in [2.05, 4.69) is 4.74 Å². The van der Waals surface area contributed by atoms with E-state index < -0.39 is 5.97 Å². The van der Waals surface area contributed by atoms with Crippen LogP contribution in [0.25, 0.3) is 0 Å². The van der Waals surface area contributed by atoms with Crippen LogP contribution in [0.1, 0.15) is 24.8 Å². The minimum Gasteiger partial charge on any atom is -0.492 e. The van der Waals surface area contributed by atoms with E-state index in [4.69, 9.17) is 4.74 Å². The van der Waals surface area contributed by atoms with E-state index in [1.807, 2.05) is 31.2 Å². The molecule has 0 saturated heterocycles. The smallest absolute Gasteiger partial charge is 0.325 e. The van der Waals surface area contributed by atoms with Crippen LogP contribution in [0.3, 0.4) is 0 Å². The maximum atomic E-state index is 12.6. The molecule has 0 fully saturated rings. The van der Waals surface area contributed by atoms with E-state index in [1.165, 1.54) is 7.11 Å². The Morgan fingerprint density at radius 3 is 2.85 bits per heavy atom. The van der Waals surface area contributed by atoms with Gasteiger partial charge in [0.05, 0.1) is 7.11 Å². The Bertz CT molecular complexity index is 500. The van der Waals surface area contributed by atoms with Crippen molar-refractivity contribution < 1.29 is 19.1 Å². The van der Waals surface area contributed by atoms with Crippen molar-refractivity contribution in [2.24, 2.45) is 0 Å². The molecule has 1 aromatic carbocycles. The van der Waals surface area contributed by atoms with Gasteiger partial charge in [0.25, 0.3) is 0 Å². The fraction of sp³-hybridized carbons (Fsp3) is 0.467. The van der Waals surface area contributed by atoms with Crippen molar-refractivity contribution in [3.63, 3.8) is 0 Å². The van der Waals surface area contributed by atoms with Crippen LogP contribution in [0.15, 0.2) is 24.3 Å². The SMILES string of the molecule is CCCN(CC(=O)OC)C(=O)C1COc2ccccc21. The predicted molar refractivity (Wildman–Crippen MR) is 73.6 cm³/mol. The van der Waals surface area contributed by atoms with Gasteiger partial charge in [-0.1, -0.05) is 25.1 Å². The molecule has 5 nitrogen and oxygen atoms in total. The Kier molecular flexibility index (Phi) is 4.61. The van der Waals surface area contributed by atoms with Gasteiger partial charge in [0, 0.05) is 12.1 Å². The quantitative estimate of drug-likeness (QED) is 0.767. The number of hydrogen-bond acceptors (Lipinski definition) is 4. The second-order valence-electron chi connectivity index (χ2n) is 4.74. The van der Waals surface area contributed by atoms with E-state index in [9.17, 15) is 9.59 Å². The first kappa shape index (κ1) is 14.4. The number of carbonyl (C=O) groups excluding carboxylic acids is 2. The molecule has 108 valence electrons. The monoisotopic (exact) mass is 277 g/mol. The summed E-state index contributed by atoms with van der Waals surface area (Å²) in [6.45, 7) is 2.82. The summed E-state index contributed by atoms with van der Waals surface area (Å²) in [6, 6.07) is 7.52. The van der Waals surface area contributed by atoms with Crippen molar-refractivity contribution in [2.75, 3.05) is 26.8 Å². The Balaban J connectivity index is 2.14. The zero-order valence-electron chi connectivity index (χ0n) is 11.8. The molecule has 1 atom stereocenters. The van der Waals surface area contributed by atoms with Gasteiger partial charge in [-0.25, -0.2) is 0 Å². The van der Waals surface area contributed by atoms with Gasteiger partial charge in [-0.2, -0.15) is 0 Å². The van der Waals surface area contributed by atoms with Crippen molar-refractivity contribution in [1.82, 2.24) is 4.90 Å². The van der Waals surface area contributed by atoms with E-state index in [-0.39, 0.29) is 18.4 Å². The van der Waals surface area contributed by atoms with Crippen LogP contribution in [0.5, 0.6) is 5.75 Å². The molecule has 1 aromatic rings. The number of nitrogens with zero attached hydrogens (tertiary/aromatic N) is 1. The Morgan fingerprint density at radius 1 is 1.40 bits per heavy atom. The Morgan fingerprint density at radius 2 is 2.15 bits per heavy atom. The maximum absolute atomic E-state index is 12.6. The van der Waals surface area contributed by atoms with E-state index in [1.54, 1.807) is 4.90 Å². The molecule has 1 aliphatic rings. The normalized spacial score (nSPS) is 16.2. The molecule has 5 heteroatoms. The standard InChI is InChI=1S/C15H19NO4/c1-3-8-16(9-14(17)19-2)15(18)12-10-20-13-7-5-4-6-11(12)13/h4-7,12H,3,8-10H2,1-2H3. The Hall–Kier alpha value is -2.04. The molecule has 0 saturated carbocycles. The summed E-state index contributed by atoms with van der Waals surface area (Å²) in [5.74, 6) is -0.0658. The minimum atomic E-state index is -0.404. The van der Waals surface area contributed by atoms with Crippen molar-refractivity contribution in [2.45, 2.75) is 19.3 Å². The van der Waals surface area contributed by atoms with Gasteiger partial charge in [-0.05, 0) is 12.5 Å². The number of methoxy groups -OCH3 is 1. The van der Waals surface area contributed by atoms with Gasteiger partial charge in [0.1, 0.15) is 24.8 Å². The number of rotatable bonds is 5. The largest absolute Gasteiger partial charge is 0.492 e. The van der Waals surface area contributed by atoms with Gasteiger partial charge in [0.15, 0.2) is 0 Å². The van der Waals surface area contributed by atoms with Gasteiger partial charge < -0.3 is 14.4 Å². The van der Waals surface area contributed by atoms with Crippen LogP contribution in [0, 0.1) is 0 Å². The third kappa shape index (κ3) is 2.92. The first-order chi connectivity index (χ1) is 9.67. The zero-order valence-corrected chi connectivity index (χ0v) is 11.8. The summed E-state index contributed by atoms with van der Waals surface area (Å²) in [4.78, 5) is 25.5. The molecule has 1 heterocycles. The molecule has 0 aliphatic carbocycles. The highest BCUT2D eigenvalue weighted by molar-refractivity contribution is 5.88. The summed E-state index contributed by atoms with van der Waals surface area (Å²) < 4.78 is 10.2. The lowest BCUT2D eigenvalue weighted by molar-refractivity contribution is -0.147. The highest BCUT2D eigenvalue weighted by Gasteiger charge is 2.33. The molecule has 1 amide bonds. The topological polar surface area (TPSA) is 55.8 Å². The van der Waals surface area contributed by atoms with Gasteiger partial charge in [0.2, 0.25) is 5.91 Å². The highest BCUT2D eigenvalue weighted by atomic mass is 16.5. The molecule has 0 aromatic heterocycles. The average molecular weight is 277 g/mol. The fourth-order valence-electron chi connectivity index (χ4n) is 2.34. The van der Waals surface area contributed by atoms with Crippen LogP contribution >= 0.6 is 0 Å². The van der Waals surface area contributed by atoms with Crippen LogP contribution in [0.4, 0.5) is 0 Å². The first-order valence-corrected chi connectivity index (χ1v) is 6.74. The second kappa shape index (κ2) is 6.41. The van der Waals surface area contributed by atoms with Gasteiger partial charge >= 0.3 is 5.97 Å². The number of fused-ring (bicyclic) bond motifs is 1. The summed E-state index contributed by atoms with van der Waals surface area (Å²) in [7, 11) is 1.32. The van der Waals surface area contributed by atoms with Crippen LogP contribution in [-0.2, 0) is 14.3 Å². The fourth-order valence-corrected chi connectivity index (χ4v) is 2.34. The van der Waals surface area contributed by atoms with Crippen molar-refractivity contribution in [1.29, 1.82) is 0 Å². The highest BCUT2D eigenvalue weighted by Crippen LogP contribution is 2.34. The van der Waals surface area contributed by atoms with E-state index >= 15 is 0 Å². The van der Waals surface area contributed by atoms with Crippen molar-refractivity contribution >= 4 is 11.9 Å². The van der Waals surface area contributed by atoms with E-state index in [0.717, 1.165) is 17.7 Å². The second-order valence-corrected chi connectivity index (χ2v) is 4.74. The van der Waals surface area contributed by atoms with Crippen molar-refractivity contribution in [3.05, 3.63) is 29.8 Å². The molecule has 0 bridgehead atoms. The lowest BCUT2D eigenvalue weighted by Gasteiger charge is -2.23. The van der Waals surface area contributed by atoms with Gasteiger partial charge in [-0.3, -0.25) is 9.59 Å². The zero-order chi connectivity index (χ0) is 14.5. The van der Waals surface area contributed by atoms with E-state index in [0.29, 0.717) is 13.2 Å². The van der Waals surface area contributed by atoms with Crippen LogP contribution in [-0.4, -0.2) is 43.6 Å². The van der Waals surface area contributed by atoms with Gasteiger partial charge in [-0.15, -0.1) is 0 Å². The molecule has 1 unspecified atom stereocenters. The number of esters is 1. The summed E-state index contributed by atoms with van der Waals surface area (Å²) in [6.07, 6.45) is 0.790. The molecule has 0 spiro atoms. The molecule has 1 aliphatic heterocycles. The predicted octanol–water partition coefficient (Wildman–Crippen LogP) is 1.57. The van der Waals surface area contributed by atoms with Crippen molar-refractivity contribution in [3.8, 4) is 5.75 Å². The number of hydrogen-bond donors (Lipinski definition) is 0. The molecular weight excluding hydrogens is 258 g/mol. The number of ether oxygens (including phenoxy) is 2. The lowest BCUT2D eigenvalue weighted by atomic mass is 10.00. The number of carbonyl (C=O) groups is 2. The number of para-hydroxylation sites is 1. The summed E-state index contributed by atoms with van der Waals surface area (Å²) >= 11 is 0. The molecule has 0 N–H and O–H groups in total. The average Bonchev–Trinajstić information content (AvgIpc) is 2.89. The van der Waals surface area contributed by atoms with Crippen LogP contribution < -0.4 is 4.74 Å². The third-order valence-corrected chi connectivity index (χ3v) is 3.35. The Labute approximate surface area is 118 Å².